The number of aliphatic hydroxyl groups is 1. The molecule has 40 heavy (non-hydrogen) atoms. The van der Waals surface area contributed by atoms with E-state index in [2.05, 4.69) is 15.9 Å². The number of ether oxygens (including phenoxy) is 2. The van der Waals surface area contributed by atoms with Crippen molar-refractivity contribution in [1.82, 2.24) is 9.80 Å². The third kappa shape index (κ3) is 7.47. The highest BCUT2D eigenvalue weighted by Gasteiger charge is 2.45. The van der Waals surface area contributed by atoms with Gasteiger partial charge in [-0.1, -0.05) is 58.9 Å². The Morgan fingerprint density at radius 3 is 2.30 bits per heavy atom. The van der Waals surface area contributed by atoms with E-state index in [0.29, 0.717) is 60.4 Å². The van der Waals surface area contributed by atoms with Gasteiger partial charge in [-0.05, 0) is 63.4 Å². The molecule has 1 aliphatic carbocycles. The number of amides is 2. The maximum atomic E-state index is 14.2. The molecule has 10 heteroatoms. The van der Waals surface area contributed by atoms with Gasteiger partial charge in [0.1, 0.15) is 23.8 Å². The maximum Gasteiger partial charge on any atom is 0.410 e. The minimum absolute atomic E-state index is 0.00754. The van der Waals surface area contributed by atoms with Gasteiger partial charge in [-0.3, -0.25) is 4.79 Å². The third-order valence-corrected chi connectivity index (χ3v) is 8.22. The van der Waals surface area contributed by atoms with Crippen molar-refractivity contribution in [2.45, 2.75) is 76.6 Å². The van der Waals surface area contributed by atoms with Gasteiger partial charge in [-0.15, -0.1) is 0 Å². The van der Waals surface area contributed by atoms with Gasteiger partial charge >= 0.3 is 6.09 Å². The fraction of sp³-hybridized carbons (Fsp3) is 0.533. The second-order valence-electron chi connectivity index (χ2n) is 11.6. The Balaban J connectivity index is 1.51. The van der Waals surface area contributed by atoms with Crippen LogP contribution < -0.4 is 4.74 Å². The third-order valence-electron chi connectivity index (χ3n) is 7.43. The molecule has 7 nitrogen and oxygen atoms in total. The molecule has 1 saturated carbocycles. The predicted octanol–water partition coefficient (Wildman–Crippen LogP) is 6.68. The molecule has 2 amide bonds. The van der Waals surface area contributed by atoms with Gasteiger partial charge in [0.25, 0.3) is 0 Å². The van der Waals surface area contributed by atoms with Crippen molar-refractivity contribution in [3.8, 4) is 5.75 Å². The number of rotatable bonds is 6. The molecule has 1 unspecified atom stereocenters. The highest BCUT2D eigenvalue weighted by atomic mass is 79.9. The molecule has 1 N–H and O–H groups in total. The summed E-state index contributed by atoms with van der Waals surface area (Å²) in [5.74, 6) is -1.02. The van der Waals surface area contributed by atoms with E-state index >= 15 is 0 Å². The predicted molar refractivity (Wildman–Crippen MR) is 155 cm³/mol. The number of benzene rings is 2. The largest absolute Gasteiger partial charge is 0.487 e. The van der Waals surface area contributed by atoms with E-state index < -0.39 is 23.2 Å². The van der Waals surface area contributed by atoms with E-state index in [1.807, 2.05) is 20.8 Å². The van der Waals surface area contributed by atoms with Crippen molar-refractivity contribution >= 4 is 39.5 Å². The quantitative estimate of drug-likeness (QED) is 0.382. The summed E-state index contributed by atoms with van der Waals surface area (Å²) < 4.78 is 26.2. The molecule has 1 saturated heterocycles. The van der Waals surface area contributed by atoms with E-state index in [0.717, 1.165) is 19.3 Å². The smallest absolute Gasteiger partial charge is 0.410 e. The number of piperazine rings is 1. The Bertz CT molecular complexity index is 1220. The van der Waals surface area contributed by atoms with E-state index in [4.69, 9.17) is 21.1 Å². The highest BCUT2D eigenvalue weighted by Crippen LogP contribution is 2.43. The van der Waals surface area contributed by atoms with E-state index in [-0.39, 0.29) is 23.4 Å². The number of carbonyl (C=O) groups excluding carboxylic acids is 2. The summed E-state index contributed by atoms with van der Waals surface area (Å²) in [5.41, 5.74) is -0.806. The molecular formula is C30H37BrClFN2O5. The van der Waals surface area contributed by atoms with Gasteiger partial charge in [-0.2, -0.15) is 0 Å². The lowest BCUT2D eigenvalue weighted by atomic mass is 9.72. The summed E-state index contributed by atoms with van der Waals surface area (Å²) in [7, 11) is 0. The average molecular weight is 640 g/mol. The number of halogens is 3. The van der Waals surface area contributed by atoms with Crippen LogP contribution in [0.5, 0.6) is 5.75 Å². The molecule has 2 aromatic rings. The van der Waals surface area contributed by atoms with Crippen LogP contribution in [0.2, 0.25) is 5.02 Å². The normalized spacial score (nSPS) is 18.3. The molecular weight excluding hydrogens is 603 g/mol. The Morgan fingerprint density at radius 1 is 1.05 bits per heavy atom. The van der Waals surface area contributed by atoms with Crippen LogP contribution in [0.1, 0.15) is 69.9 Å². The highest BCUT2D eigenvalue weighted by molar-refractivity contribution is 9.10. The van der Waals surface area contributed by atoms with Crippen LogP contribution in [0, 0.1) is 5.82 Å². The second-order valence-corrected chi connectivity index (χ2v) is 12.9. The first-order valence-electron chi connectivity index (χ1n) is 13.7. The molecule has 1 heterocycles. The fourth-order valence-corrected chi connectivity index (χ4v) is 5.94. The molecule has 4 rings (SSSR count). The number of nitrogens with zero attached hydrogens (tertiary/aromatic N) is 2. The first-order valence-corrected chi connectivity index (χ1v) is 14.9. The Morgan fingerprint density at radius 2 is 1.70 bits per heavy atom. The number of hydrogen-bond acceptors (Lipinski definition) is 5. The standard InChI is InChI=1S/C30H37BrClFN2O5/c1-29(2,3)40-28(37)35-15-13-34(14-16-35)27(36)26(30(38)11-5-4-6-12-30)20-8-10-25(23(32)17-20)39-19-21-7-9-22(31)18-24(21)33/h7-10,17-18,26,38H,4-6,11-16,19H2,1-3H3. The van der Waals surface area contributed by atoms with Crippen molar-refractivity contribution in [3.05, 3.63) is 62.8 Å². The minimum atomic E-state index is -1.20. The molecule has 2 aromatic carbocycles. The van der Waals surface area contributed by atoms with Gasteiger partial charge in [0.15, 0.2) is 0 Å². The monoisotopic (exact) mass is 638 g/mol. The molecule has 1 atom stereocenters. The lowest BCUT2D eigenvalue weighted by Gasteiger charge is -2.43. The van der Waals surface area contributed by atoms with E-state index in [1.54, 1.807) is 40.1 Å². The molecule has 0 radical (unpaired) electrons. The van der Waals surface area contributed by atoms with Crippen molar-refractivity contribution in [2.24, 2.45) is 0 Å². The van der Waals surface area contributed by atoms with Gasteiger partial charge < -0.3 is 24.4 Å². The van der Waals surface area contributed by atoms with Gasteiger partial charge in [0.2, 0.25) is 5.91 Å². The molecule has 218 valence electrons. The lowest BCUT2D eigenvalue weighted by Crippen LogP contribution is -2.55. The summed E-state index contributed by atoms with van der Waals surface area (Å²) >= 11 is 9.84. The van der Waals surface area contributed by atoms with Crippen molar-refractivity contribution in [1.29, 1.82) is 0 Å². The molecule has 0 bridgehead atoms. The van der Waals surface area contributed by atoms with Crippen LogP contribution in [-0.4, -0.2) is 64.3 Å². The first kappa shape index (κ1) is 30.6. The molecule has 0 aromatic heterocycles. The van der Waals surface area contributed by atoms with Crippen LogP contribution in [-0.2, 0) is 16.1 Å². The Hall–Kier alpha value is -2.36. The zero-order valence-corrected chi connectivity index (χ0v) is 25.6. The zero-order chi connectivity index (χ0) is 29.1. The fourth-order valence-electron chi connectivity index (χ4n) is 5.36. The first-order chi connectivity index (χ1) is 18.9. The van der Waals surface area contributed by atoms with Gasteiger partial charge in [0, 0.05) is 36.2 Å². The van der Waals surface area contributed by atoms with E-state index in [1.165, 1.54) is 6.07 Å². The zero-order valence-electron chi connectivity index (χ0n) is 23.2. The summed E-state index contributed by atoms with van der Waals surface area (Å²) in [4.78, 5) is 29.8. The molecule has 1 aliphatic heterocycles. The minimum Gasteiger partial charge on any atom is -0.487 e. The van der Waals surface area contributed by atoms with Crippen LogP contribution in [0.3, 0.4) is 0 Å². The SMILES string of the molecule is CC(C)(C)OC(=O)N1CCN(C(=O)C(c2ccc(OCc3ccc(Br)cc3F)c(Cl)c2)C2(O)CCCCC2)CC1. The van der Waals surface area contributed by atoms with Gasteiger partial charge in [-0.25, -0.2) is 9.18 Å². The Labute approximate surface area is 248 Å². The van der Waals surface area contributed by atoms with Crippen molar-refractivity contribution < 1.29 is 28.6 Å². The maximum absolute atomic E-state index is 14.2. The average Bonchev–Trinajstić information content (AvgIpc) is 2.88. The second kappa shape index (κ2) is 12.7. The topological polar surface area (TPSA) is 79.3 Å². The van der Waals surface area contributed by atoms with Crippen LogP contribution >= 0.6 is 27.5 Å². The number of carbonyl (C=O) groups is 2. The summed E-state index contributed by atoms with van der Waals surface area (Å²) in [6.07, 6.45) is 3.31. The van der Waals surface area contributed by atoms with Gasteiger partial charge in [0.05, 0.1) is 16.5 Å². The van der Waals surface area contributed by atoms with Crippen LogP contribution in [0.25, 0.3) is 0 Å². The molecule has 2 fully saturated rings. The lowest BCUT2D eigenvalue weighted by molar-refractivity contribution is -0.143. The van der Waals surface area contributed by atoms with Crippen molar-refractivity contribution in [3.63, 3.8) is 0 Å². The van der Waals surface area contributed by atoms with Crippen LogP contribution in [0.4, 0.5) is 9.18 Å². The molecule has 0 spiro atoms. The number of hydrogen-bond donors (Lipinski definition) is 1. The summed E-state index contributed by atoms with van der Waals surface area (Å²) in [5, 5.41) is 12.0. The summed E-state index contributed by atoms with van der Waals surface area (Å²) in [6, 6.07) is 9.84. The summed E-state index contributed by atoms with van der Waals surface area (Å²) in [6.45, 7) is 6.85. The Kier molecular flexibility index (Phi) is 9.68. The van der Waals surface area contributed by atoms with Crippen LogP contribution in [0.15, 0.2) is 40.9 Å². The van der Waals surface area contributed by atoms with Crippen molar-refractivity contribution in [2.75, 3.05) is 26.2 Å². The molecule has 2 aliphatic rings. The van der Waals surface area contributed by atoms with E-state index in [9.17, 15) is 19.1 Å².